The lowest BCUT2D eigenvalue weighted by Gasteiger charge is -2.23. The summed E-state index contributed by atoms with van der Waals surface area (Å²) in [5, 5.41) is 9.34. The molecule has 0 saturated heterocycles. The van der Waals surface area contributed by atoms with Crippen LogP contribution in [0.5, 0.6) is 5.75 Å². The fourth-order valence-electron chi connectivity index (χ4n) is 1.75. The highest BCUT2D eigenvalue weighted by molar-refractivity contribution is 6.09. The highest BCUT2D eigenvalue weighted by Gasteiger charge is 2.18. The summed E-state index contributed by atoms with van der Waals surface area (Å²) in [6, 6.07) is 15.8. The van der Waals surface area contributed by atoms with E-state index in [-0.39, 0.29) is 11.7 Å². The Morgan fingerprint density at radius 1 is 1.00 bits per heavy atom. The number of amides is 1. The lowest BCUT2D eigenvalue weighted by molar-refractivity contribution is -0.114. The maximum atomic E-state index is 12.3. The van der Waals surface area contributed by atoms with Crippen LogP contribution in [0, 0.1) is 0 Å². The molecule has 2 aromatic carbocycles. The molecule has 0 aliphatic heterocycles. The quantitative estimate of drug-likeness (QED) is 0.848. The Hall–Kier alpha value is -2.55. The Kier molecular flexibility index (Phi) is 3.66. The van der Waals surface area contributed by atoms with Gasteiger partial charge in [-0.15, -0.1) is 0 Å². The van der Waals surface area contributed by atoms with Crippen molar-refractivity contribution in [1.29, 1.82) is 0 Å². The molecule has 3 heteroatoms. The van der Waals surface area contributed by atoms with Crippen molar-refractivity contribution in [3.63, 3.8) is 0 Å². The Morgan fingerprint density at radius 2 is 1.53 bits per heavy atom. The van der Waals surface area contributed by atoms with Crippen LogP contribution < -0.4 is 4.90 Å². The third-order valence-electron chi connectivity index (χ3n) is 2.69. The van der Waals surface area contributed by atoms with Crippen molar-refractivity contribution < 1.29 is 9.90 Å². The van der Waals surface area contributed by atoms with Crippen LogP contribution in [0.25, 0.3) is 0 Å². The highest BCUT2D eigenvalue weighted by Crippen LogP contribution is 2.28. The van der Waals surface area contributed by atoms with Crippen molar-refractivity contribution in [3.8, 4) is 5.75 Å². The molecule has 2 rings (SSSR count). The molecule has 0 atom stereocenters. The highest BCUT2D eigenvalue weighted by atomic mass is 16.3. The number of phenolic OH excluding ortho intramolecular Hbond substituents is 1. The van der Waals surface area contributed by atoms with Crippen LogP contribution in [-0.2, 0) is 4.79 Å². The predicted molar refractivity (Wildman–Crippen MR) is 76.5 cm³/mol. The molecule has 96 valence electrons. The van der Waals surface area contributed by atoms with Gasteiger partial charge in [0, 0.05) is 16.9 Å². The molecule has 0 aliphatic carbocycles. The van der Waals surface area contributed by atoms with Gasteiger partial charge in [0.2, 0.25) is 0 Å². The number of anilines is 2. The van der Waals surface area contributed by atoms with Gasteiger partial charge < -0.3 is 5.11 Å². The van der Waals surface area contributed by atoms with Gasteiger partial charge in [-0.1, -0.05) is 24.8 Å². The number of benzene rings is 2. The Balaban J connectivity index is 2.49. The molecule has 1 amide bonds. The first-order valence-electron chi connectivity index (χ1n) is 5.93. The first-order chi connectivity index (χ1) is 9.09. The maximum Gasteiger partial charge on any atom is 0.257 e. The number of aromatic hydroxyl groups is 1. The van der Waals surface area contributed by atoms with Crippen molar-refractivity contribution in [2.45, 2.75) is 6.92 Å². The number of hydrogen-bond acceptors (Lipinski definition) is 2. The van der Waals surface area contributed by atoms with Crippen molar-refractivity contribution in [1.82, 2.24) is 0 Å². The van der Waals surface area contributed by atoms with Gasteiger partial charge in [-0.3, -0.25) is 9.69 Å². The van der Waals surface area contributed by atoms with E-state index in [2.05, 4.69) is 6.58 Å². The monoisotopic (exact) mass is 253 g/mol. The summed E-state index contributed by atoms with van der Waals surface area (Å²) < 4.78 is 0. The predicted octanol–water partition coefficient (Wildman–Crippen LogP) is 3.63. The summed E-state index contributed by atoms with van der Waals surface area (Å²) in [5.74, 6) is -0.00331. The fourth-order valence-corrected chi connectivity index (χ4v) is 1.75. The van der Waals surface area contributed by atoms with Gasteiger partial charge in [-0.05, 0) is 43.3 Å². The number of carbonyl (C=O) groups excluding carboxylic acids is 1. The van der Waals surface area contributed by atoms with Crippen LogP contribution in [0.3, 0.4) is 0 Å². The van der Waals surface area contributed by atoms with E-state index >= 15 is 0 Å². The molecular formula is C16H15NO2. The third kappa shape index (κ3) is 2.83. The molecule has 3 nitrogen and oxygen atoms in total. The molecule has 0 radical (unpaired) electrons. The summed E-state index contributed by atoms with van der Waals surface area (Å²) in [7, 11) is 0. The minimum absolute atomic E-state index is 0.166. The van der Waals surface area contributed by atoms with E-state index in [1.54, 1.807) is 36.1 Å². The third-order valence-corrected chi connectivity index (χ3v) is 2.69. The number of hydrogen-bond donors (Lipinski definition) is 1. The second kappa shape index (κ2) is 5.40. The minimum Gasteiger partial charge on any atom is -0.508 e. The molecular weight excluding hydrogens is 238 g/mol. The van der Waals surface area contributed by atoms with Gasteiger partial charge >= 0.3 is 0 Å². The van der Waals surface area contributed by atoms with E-state index in [4.69, 9.17) is 0 Å². The summed E-state index contributed by atoms with van der Waals surface area (Å²) >= 11 is 0. The summed E-state index contributed by atoms with van der Waals surface area (Å²) in [6.07, 6.45) is 0. The zero-order valence-electron chi connectivity index (χ0n) is 10.7. The lowest BCUT2D eigenvalue weighted by Crippen LogP contribution is -2.26. The molecule has 19 heavy (non-hydrogen) atoms. The van der Waals surface area contributed by atoms with Gasteiger partial charge in [0.25, 0.3) is 5.91 Å². The van der Waals surface area contributed by atoms with E-state index in [0.29, 0.717) is 11.3 Å². The first kappa shape index (κ1) is 12.9. The normalized spacial score (nSPS) is 9.95. The zero-order chi connectivity index (χ0) is 13.8. The zero-order valence-corrected chi connectivity index (χ0v) is 10.7. The Morgan fingerprint density at radius 3 is 2.05 bits per heavy atom. The Bertz CT molecular complexity index is 588. The average molecular weight is 253 g/mol. The average Bonchev–Trinajstić information content (AvgIpc) is 2.42. The van der Waals surface area contributed by atoms with E-state index in [0.717, 1.165) is 5.69 Å². The van der Waals surface area contributed by atoms with E-state index < -0.39 is 0 Å². The van der Waals surface area contributed by atoms with E-state index in [9.17, 15) is 9.90 Å². The SMILES string of the molecule is C=C(C)C(=O)N(c1ccccc1)c1ccc(O)cc1. The molecule has 0 bridgehead atoms. The molecule has 2 aromatic rings. The Labute approximate surface area is 112 Å². The lowest BCUT2D eigenvalue weighted by atomic mass is 10.2. The van der Waals surface area contributed by atoms with Crippen LogP contribution in [-0.4, -0.2) is 11.0 Å². The van der Waals surface area contributed by atoms with Crippen molar-refractivity contribution in [2.24, 2.45) is 0 Å². The molecule has 0 spiro atoms. The molecule has 0 heterocycles. The standard InChI is InChI=1S/C16H15NO2/c1-12(2)16(19)17(13-6-4-3-5-7-13)14-8-10-15(18)11-9-14/h3-11,18H,1H2,2H3. The van der Waals surface area contributed by atoms with E-state index in [1.165, 1.54) is 0 Å². The fraction of sp³-hybridized carbons (Fsp3) is 0.0625. The topological polar surface area (TPSA) is 40.5 Å². The first-order valence-corrected chi connectivity index (χ1v) is 5.93. The molecule has 0 aromatic heterocycles. The summed E-state index contributed by atoms with van der Waals surface area (Å²) in [4.78, 5) is 13.9. The number of para-hydroxylation sites is 1. The van der Waals surface area contributed by atoms with Crippen molar-refractivity contribution >= 4 is 17.3 Å². The van der Waals surface area contributed by atoms with Crippen molar-refractivity contribution in [2.75, 3.05) is 4.90 Å². The van der Waals surface area contributed by atoms with Crippen LogP contribution in [0.2, 0.25) is 0 Å². The number of rotatable bonds is 3. The van der Waals surface area contributed by atoms with Gasteiger partial charge in [-0.25, -0.2) is 0 Å². The van der Waals surface area contributed by atoms with Crippen molar-refractivity contribution in [3.05, 3.63) is 66.7 Å². The molecule has 0 saturated carbocycles. The van der Waals surface area contributed by atoms with E-state index in [1.807, 2.05) is 30.3 Å². The van der Waals surface area contributed by atoms with Gasteiger partial charge in [0.05, 0.1) is 0 Å². The molecule has 0 aliphatic rings. The maximum absolute atomic E-state index is 12.3. The minimum atomic E-state index is -0.170. The molecule has 0 unspecified atom stereocenters. The summed E-state index contributed by atoms with van der Waals surface area (Å²) in [5.41, 5.74) is 1.91. The largest absolute Gasteiger partial charge is 0.508 e. The van der Waals surface area contributed by atoms with Gasteiger partial charge in [-0.2, -0.15) is 0 Å². The summed E-state index contributed by atoms with van der Waals surface area (Å²) in [6.45, 7) is 5.38. The van der Waals surface area contributed by atoms with Crippen LogP contribution in [0.4, 0.5) is 11.4 Å². The second-order valence-electron chi connectivity index (χ2n) is 4.27. The molecule has 1 N–H and O–H groups in total. The van der Waals surface area contributed by atoms with Crippen LogP contribution in [0.15, 0.2) is 66.7 Å². The van der Waals surface area contributed by atoms with Gasteiger partial charge in [0.15, 0.2) is 0 Å². The smallest absolute Gasteiger partial charge is 0.257 e. The second-order valence-corrected chi connectivity index (χ2v) is 4.27. The number of carbonyl (C=O) groups is 1. The number of nitrogens with zero attached hydrogens (tertiary/aromatic N) is 1. The molecule has 0 fully saturated rings. The van der Waals surface area contributed by atoms with Crippen LogP contribution >= 0.6 is 0 Å². The van der Waals surface area contributed by atoms with Crippen LogP contribution in [0.1, 0.15) is 6.92 Å². The number of phenols is 1. The van der Waals surface area contributed by atoms with Gasteiger partial charge in [0.1, 0.15) is 5.75 Å².